The van der Waals surface area contributed by atoms with Crippen LogP contribution in [-0.2, 0) is 4.79 Å². The fourth-order valence-electron chi connectivity index (χ4n) is 2.87. The van der Waals surface area contributed by atoms with Gasteiger partial charge in [-0.15, -0.1) is 0 Å². The first kappa shape index (κ1) is 18.2. The Balaban J connectivity index is 1.62. The Hall–Kier alpha value is -2.11. The Morgan fingerprint density at radius 1 is 1.12 bits per heavy atom. The topological polar surface area (TPSA) is 83.1 Å². The molecule has 0 aromatic carbocycles. The van der Waals surface area contributed by atoms with Crippen molar-refractivity contribution < 1.29 is 9.59 Å². The predicted molar refractivity (Wildman–Crippen MR) is 94.9 cm³/mol. The number of aryl methyl sites for hydroxylation is 1. The summed E-state index contributed by atoms with van der Waals surface area (Å²) in [5, 5.41) is 8.50. The third-order valence-corrected chi connectivity index (χ3v) is 4.26. The lowest BCUT2D eigenvalue weighted by atomic mass is 9.97. The number of rotatable bonds is 5. The molecule has 1 aromatic rings. The van der Waals surface area contributed by atoms with E-state index in [4.69, 9.17) is 0 Å². The van der Waals surface area contributed by atoms with E-state index >= 15 is 0 Å². The molecule has 6 heteroatoms. The fourth-order valence-corrected chi connectivity index (χ4v) is 2.87. The van der Waals surface area contributed by atoms with Gasteiger partial charge < -0.3 is 16.0 Å². The van der Waals surface area contributed by atoms with E-state index in [0.29, 0.717) is 12.4 Å². The van der Waals surface area contributed by atoms with Crippen LogP contribution in [0.15, 0.2) is 18.3 Å². The molecule has 132 valence electrons. The minimum atomic E-state index is -0.179. The highest BCUT2D eigenvalue weighted by molar-refractivity contribution is 5.90. The van der Waals surface area contributed by atoms with Crippen molar-refractivity contribution in [1.29, 1.82) is 0 Å². The minimum Gasteiger partial charge on any atom is -0.338 e. The molecule has 6 nitrogen and oxygen atoms in total. The molecule has 0 spiro atoms. The van der Waals surface area contributed by atoms with Gasteiger partial charge in [-0.25, -0.2) is 9.78 Å². The van der Waals surface area contributed by atoms with Gasteiger partial charge in [-0.2, -0.15) is 0 Å². The van der Waals surface area contributed by atoms with Crippen molar-refractivity contribution in [3.63, 3.8) is 0 Å². The van der Waals surface area contributed by atoms with Crippen molar-refractivity contribution >= 4 is 17.8 Å². The third kappa shape index (κ3) is 6.98. The van der Waals surface area contributed by atoms with Crippen LogP contribution in [-0.4, -0.2) is 29.5 Å². The van der Waals surface area contributed by atoms with Gasteiger partial charge in [0.1, 0.15) is 5.82 Å². The standard InChI is InChI=1S/C18H28N4O2/c1-14-9-10-16(20-13-14)22-17(23)11-12-19-18(24)21-15-7-5-3-2-4-6-8-15/h9-10,13,15H,2-8,11-12H2,1H3,(H2,19,21,24)(H,20,22,23). The maximum Gasteiger partial charge on any atom is 0.315 e. The molecule has 2 rings (SSSR count). The molecule has 1 fully saturated rings. The number of urea groups is 1. The number of anilines is 1. The lowest BCUT2D eigenvalue weighted by Gasteiger charge is -2.21. The van der Waals surface area contributed by atoms with E-state index in [-0.39, 0.29) is 24.4 Å². The van der Waals surface area contributed by atoms with Gasteiger partial charge in [-0.05, 0) is 31.4 Å². The third-order valence-electron chi connectivity index (χ3n) is 4.26. The van der Waals surface area contributed by atoms with E-state index in [9.17, 15) is 9.59 Å². The van der Waals surface area contributed by atoms with Crippen molar-refractivity contribution in [1.82, 2.24) is 15.6 Å². The molecule has 0 unspecified atom stereocenters. The quantitative estimate of drug-likeness (QED) is 0.774. The van der Waals surface area contributed by atoms with Crippen LogP contribution in [0.5, 0.6) is 0 Å². The lowest BCUT2D eigenvalue weighted by Crippen LogP contribution is -2.43. The Morgan fingerprint density at radius 2 is 1.83 bits per heavy atom. The van der Waals surface area contributed by atoms with Gasteiger partial charge in [-0.1, -0.05) is 38.2 Å². The second-order valence-corrected chi connectivity index (χ2v) is 6.46. The summed E-state index contributed by atoms with van der Waals surface area (Å²) >= 11 is 0. The highest BCUT2D eigenvalue weighted by Crippen LogP contribution is 2.16. The normalized spacial score (nSPS) is 15.9. The van der Waals surface area contributed by atoms with E-state index in [1.54, 1.807) is 12.3 Å². The predicted octanol–water partition coefficient (Wildman–Crippen LogP) is 3.13. The number of nitrogens with one attached hydrogen (secondary N) is 3. The van der Waals surface area contributed by atoms with E-state index in [1.807, 2.05) is 13.0 Å². The van der Waals surface area contributed by atoms with E-state index in [2.05, 4.69) is 20.9 Å². The molecule has 1 aliphatic rings. The van der Waals surface area contributed by atoms with Crippen molar-refractivity contribution in [3.05, 3.63) is 23.9 Å². The highest BCUT2D eigenvalue weighted by Gasteiger charge is 2.13. The fraction of sp³-hybridized carbons (Fsp3) is 0.611. The molecular formula is C18H28N4O2. The Kier molecular flexibility index (Phi) is 7.52. The first-order valence-electron chi connectivity index (χ1n) is 8.90. The number of carbonyl (C=O) groups is 2. The Bertz CT molecular complexity index is 522. The summed E-state index contributed by atoms with van der Waals surface area (Å²) in [6, 6.07) is 3.74. The number of carbonyl (C=O) groups excluding carboxylic acids is 2. The monoisotopic (exact) mass is 332 g/mol. The largest absolute Gasteiger partial charge is 0.338 e. The minimum absolute atomic E-state index is 0.155. The first-order chi connectivity index (χ1) is 11.6. The average molecular weight is 332 g/mol. The number of amides is 3. The summed E-state index contributed by atoms with van der Waals surface area (Å²) in [6.45, 7) is 2.26. The first-order valence-corrected chi connectivity index (χ1v) is 8.90. The summed E-state index contributed by atoms with van der Waals surface area (Å²) in [5.41, 5.74) is 1.04. The van der Waals surface area contributed by atoms with Gasteiger partial charge in [-0.3, -0.25) is 4.79 Å². The van der Waals surface area contributed by atoms with Crippen LogP contribution in [0, 0.1) is 6.92 Å². The zero-order valence-corrected chi connectivity index (χ0v) is 14.4. The van der Waals surface area contributed by atoms with Gasteiger partial charge in [0.05, 0.1) is 0 Å². The Morgan fingerprint density at radius 3 is 2.50 bits per heavy atom. The van der Waals surface area contributed by atoms with Crippen LogP contribution in [0.3, 0.4) is 0 Å². The molecule has 24 heavy (non-hydrogen) atoms. The second-order valence-electron chi connectivity index (χ2n) is 6.46. The van der Waals surface area contributed by atoms with Gasteiger partial charge in [0, 0.05) is 25.2 Å². The van der Waals surface area contributed by atoms with Crippen LogP contribution >= 0.6 is 0 Å². The SMILES string of the molecule is Cc1ccc(NC(=O)CCNC(=O)NC2CCCCCCC2)nc1. The van der Waals surface area contributed by atoms with Crippen LogP contribution in [0.25, 0.3) is 0 Å². The maximum absolute atomic E-state index is 11.9. The average Bonchev–Trinajstić information content (AvgIpc) is 2.52. The number of nitrogens with zero attached hydrogens (tertiary/aromatic N) is 1. The summed E-state index contributed by atoms with van der Waals surface area (Å²) in [6.07, 6.45) is 10.2. The molecule has 0 aliphatic heterocycles. The van der Waals surface area contributed by atoms with Crippen LogP contribution < -0.4 is 16.0 Å². The molecule has 3 amide bonds. The van der Waals surface area contributed by atoms with Crippen molar-refractivity contribution in [2.45, 2.75) is 64.3 Å². The highest BCUT2D eigenvalue weighted by atomic mass is 16.2. The second kappa shape index (κ2) is 9.90. The molecule has 1 aliphatic carbocycles. The van der Waals surface area contributed by atoms with Gasteiger partial charge >= 0.3 is 6.03 Å². The van der Waals surface area contributed by atoms with Crippen molar-refractivity contribution in [2.75, 3.05) is 11.9 Å². The summed E-state index contributed by atoms with van der Waals surface area (Å²) in [7, 11) is 0. The molecule has 0 bridgehead atoms. The number of pyridine rings is 1. The molecule has 1 aromatic heterocycles. The van der Waals surface area contributed by atoms with Gasteiger partial charge in [0.25, 0.3) is 0 Å². The van der Waals surface area contributed by atoms with E-state index in [1.165, 1.54) is 32.1 Å². The molecule has 1 heterocycles. The number of hydrogen-bond acceptors (Lipinski definition) is 3. The lowest BCUT2D eigenvalue weighted by molar-refractivity contribution is -0.116. The van der Waals surface area contributed by atoms with Crippen LogP contribution in [0.1, 0.15) is 56.9 Å². The van der Waals surface area contributed by atoms with Crippen LogP contribution in [0.2, 0.25) is 0 Å². The molecule has 0 atom stereocenters. The zero-order valence-electron chi connectivity index (χ0n) is 14.4. The molecule has 3 N–H and O–H groups in total. The smallest absolute Gasteiger partial charge is 0.315 e. The van der Waals surface area contributed by atoms with Gasteiger partial charge in [0.2, 0.25) is 5.91 Å². The summed E-state index contributed by atoms with van der Waals surface area (Å²) in [5.74, 6) is 0.377. The molecule has 0 radical (unpaired) electrons. The molecule has 1 saturated carbocycles. The molecular weight excluding hydrogens is 304 g/mol. The van der Waals surface area contributed by atoms with Crippen molar-refractivity contribution in [2.24, 2.45) is 0 Å². The summed E-state index contributed by atoms with van der Waals surface area (Å²) in [4.78, 5) is 27.9. The maximum atomic E-state index is 11.9. The summed E-state index contributed by atoms with van der Waals surface area (Å²) < 4.78 is 0. The number of aromatic nitrogens is 1. The molecule has 0 saturated heterocycles. The van der Waals surface area contributed by atoms with E-state index < -0.39 is 0 Å². The van der Waals surface area contributed by atoms with Crippen LogP contribution in [0.4, 0.5) is 10.6 Å². The van der Waals surface area contributed by atoms with E-state index in [0.717, 1.165) is 18.4 Å². The van der Waals surface area contributed by atoms with Crippen molar-refractivity contribution in [3.8, 4) is 0 Å². The van der Waals surface area contributed by atoms with Gasteiger partial charge in [0.15, 0.2) is 0 Å². The Labute approximate surface area is 143 Å². The zero-order chi connectivity index (χ0) is 17.2. The number of hydrogen-bond donors (Lipinski definition) is 3.